The lowest BCUT2D eigenvalue weighted by atomic mass is 10.1. The highest BCUT2D eigenvalue weighted by atomic mass is 35.5. The van der Waals surface area contributed by atoms with E-state index in [4.69, 9.17) is 11.6 Å². The van der Waals surface area contributed by atoms with Crippen LogP contribution in [-0.2, 0) is 10.3 Å². The van der Waals surface area contributed by atoms with Gasteiger partial charge in [-0.05, 0) is 30.5 Å². The molecule has 1 aliphatic carbocycles. The molecule has 0 unspecified atom stereocenters. The van der Waals surface area contributed by atoms with Crippen molar-refractivity contribution in [2.24, 2.45) is 0 Å². The van der Waals surface area contributed by atoms with Gasteiger partial charge >= 0.3 is 6.03 Å². The van der Waals surface area contributed by atoms with Gasteiger partial charge in [-0.3, -0.25) is 9.69 Å². The molecule has 0 radical (unpaired) electrons. The summed E-state index contributed by atoms with van der Waals surface area (Å²) in [5, 5.41) is 6.75. The van der Waals surface area contributed by atoms with E-state index in [0.717, 1.165) is 31.5 Å². The number of hydrogen-bond donors (Lipinski definition) is 2. The molecule has 1 aromatic carbocycles. The van der Waals surface area contributed by atoms with Gasteiger partial charge in [-0.25, -0.2) is 4.79 Å². The first-order valence-corrected chi connectivity index (χ1v) is 8.80. The molecule has 1 saturated carbocycles. The molecule has 4 rings (SSSR count). The monoisotopic (exact) mass is 348 g/mol. The zero-order chi connectivity index (χ0) is 16.7. The molecule has 7 heteroatoms. The van der Waals surface area contributed by atoms with Crippen LogP contribution in [0.15, 0.2) is 24.3 Å². The van der Waals surface area contributed by atoms with Gasteiger partial charge in [0.05, 0.1) is 5.54 Å². The maximum atomic E-state index is 12.7. The number of piperazine rings is 2. The summed E-state index contributed by atoms with van der Waals surface area (Å²) in [6.07, 6.45) is 1.87. The van der Waals surface area contributed by atoms with E-state index in [-0.39, 0.29) is 23.5 Å². The molecule has 6 nitrogen and oxygen atoms in total. The van der Waals surface area contributed by atoms with Crippen molar-refractivity contribution in [3.05, 3.63) is 34.9 Å². The largest absolute Gasteiger partial charge is 0.353 e. The first-order valence-electron chi connectivity index (χ1n) is 8.42. The number of urea groups is 1. The third kappa shape index (κ3) is 2.84. The van der Waals surface area contributed by atoms with Crippen molar-refractivity contribution in [3.63, 3.8) is 0 Å². The summed E-state index contributed by atoms with van der Waals surface area (Å²) in [5.74, 6) is 0.0255. The van der Waals surface area contributed by atoms with Gasteiger partial charge in [-0.15, -0.1) is 0 Å². The van der Waals surface area contributed by atoms with E-state index in [0.29, 0.717) is 24.7 Å². The van der Waals surface area contributed by atoms with Gasteiger partial charge in [0.2, 0.25) is 5.91 Å². The van der Waals surface area contributed by atoms with E-state index in [1.54, 1.807) is 4.90 Å². The molecule has 1 atom stereocenters. The summed E-state index contributed by atoms with van der Waals surface area (Å²) >= 11 is 5.95. The Morgan fingerprint density at radius 2 is 1.96 bits per heavy atom. The summed E-state index contributed by atoms with van der Waals surface area (Å²) < 4.78 is 0. The standard InChI is InChI=1S/C17H21ClN4O2/c18-13-3-1-12(2-4-13)17(5-6-17)20-16(24)22-10-9-21-8-7-19-15(23)14(21)11-22/h1-4,14H,5-11H2,(H,19,23)(H,20,24)/t14-/m0/s1. The Morgan fingerprint density at radius 1 is 1.21 bits per heavy atom. The van der Waals surface area contributed by atoms with Crippen molar-refractivity contribution < 1.29 is 9.59 Å². The average molecular weight is 349 g/mol. The molecule has 3 amide bonds. The quantitative estimate of drug-likeness (QED) is 0.843. The van der Waals surface area contributed by atoms with Gasteiger partial charge in [0.1, 0.15) is 6.04 Å². The number of halogens is 1. The average Bonchev–Trinajstić information content (AvgIpc) is 3.36. The Morgan fingerprint density at radius 3 is 2.67 bits per heavy atom. The van der Waals surface area contributed by atoms with Crippen molar-refractivity contribution >= 4 is 23.5 Å². The fourth-order valence-corrected chi connectivity index (χ4v) is 3.75. The lowest BCUT2D eigenvalue weighted by Gasteiger charge is -2.43. The molecule has 2 N–H and O–H groups in total. The fourth-order valence-electron chi connectivity index (χ4n) is 3.63. The van der Waals surface area contributed by atoms with Crippen LogP contribution < -0.4 is 10.6 Å². The van der Waals surface area contributed by atoms with Crippen LogP contribution in [0.3, 0.4) is 0 Å². The number of hydrogen-bond acceptors (Lipinski definition) is 3. The summed E-state index contributed by atoms with van der Waals surface area (Å²) in [4.78, 5) is 28.7. The molecular formula is C17H21ClN4O2. The lowest BCUT2D eigenvalue weighted by Crippen LogP contribution is -2.65. The van der Waals surface area contributed by atoms with Crippen LogP contribution in [0.4, 0.5) is 4.79 Å². The Kier molecular flexibility index (Phi) is 3.89. The third-order valence-corrected chi connectivity index (χ3v) is 5.52. The van der Waals surface area contributed by atoms with Gasteiger partial charge in [-0.1, -0.05) is 23.7 Å². The lowest BCUT2D eigenvalue weighted by molar-refractivity contribution is -0.131. The number of fused-ring (bicyclic) bond motifs is 1. The topological polar surface area (TPSA) is 64.7 Å². The van der Waals surface area contributed by atoms with E-state index in [2.05, 4.69) is 15.5 Å². The van der Waals surface area contributed by atoms with E-state index in [1.807, 2.05) is 24.3 Å². The first kappa shape index (κ1) is 15.7. The van der Waals surface area contributed by atoms with Gasteiger partial charge in [-0.2, -0.15) is 0 Å². The van der Waals surface area contributed by atoms with Crippen LogP contribution >= 0.6 is 11.6 Å². The second-order valence-electron chi connectivity index (χ2n) is 6.81. The molecular weight excluding hydrogens is 328 g/mol. The molecule has 2 heterocycles. The van der Waals surface area contributed by atoms with Crippen LogP contribution in [0.5, 0.6) is 0 Å². The molecule has 24 heavy (non-hydrogen) atoms. The highest BCUT2D eigenvalue weighted by Gasteiger charge is 2.47. The predicted molar refractivity (Wildman–Crippen MR) is 90.8 cm³/mol. The molecule has 0 bridgehead atoms. The smallest absolute Gasteiger partial charge is 0.318 e. The van der Waals surface area contributed by atoms with Gasteiger partial charge in [0, 0.05) is 37.7 Å². The van der Waals surface area contributed by atoms with Crippen LogP contribution in [0.1, 0.15) is 18.4 Å². The molecule has 3 aliphatic rings. The zero-order valence-corrected chi connectivity index (χ0v) is 14.2. The van der Waals surface area contributed by atoms with Crippen molar-refractivity contribution in [1.29, 1.82) is 0 Å². The molecule has 3 fully saturated rings. The van der Waals surface area contributed by atoms with Gasteiger partial charge in [0.25, 0.3) is 0 Å². The Hall–Kier alpha value is -1.79. The molecule has 0 spiro atoms. The van der Waals surface area contributed by atoms with Crippen molar-refractivity contribution in [2.45, 2.75) is 24.4 Å². The van der Waals surface area contributed by atoms with E-state index < -0.39 is 0 Å². The number of carbonyl (C=O) groups is 2. The number of benzene rings is 1. The van der Waals surface area contributed by atoms with Gasteiger partial charge in [0.15, 0.2) is 0 Å². The van der Waals surface area contributed by atoms with Crippen molar-refractivity contribution in [1.82, 2.24) is 20.4 Å². The second kappa shape index (κ2) is 5.93. The van der Waals surface area contributed by atoms with Crippen LogP contribution in [-0.4, -0.2) is 60.5 Å². The second-order valence-corrected chi connectivity index (χ2v) is 7.24. The summed E-state index contributed by atoms with van der Waals surface area (Å²) in [7, 11) is 0. The number of rotatable bonds is 2. The SMILES string of the molecule is O=C1NCCN2CCN(C(=O)NC3(c4ccc(Cl)cc4)CC3)C[C@@H]12. The van der Waals surface area contributed by atoms with Crippen molar-refractivity contribution in [3.8, 4) is 0 Å². The Balaban J connectivity index is 1.43. The number of nitrogens with zero attached hydrogens (tertiary/aromatic N) is 2. The molecule has 2 aliphatic heterocycles. The van der Waals surface area contributed by atoms with Crippen LogP contribution in [0.25, 0.3) is 0 Å². The summed E-state index contributed by atoms with van der Waals surface area (Å²) in [5.41, 5.74) is 0.822. The van der Waals surface area contributed by atoms with Crippen LogP contribution in [0.2, 0.25) is 5.02 Å². The highest BCUT2D eigenvalue weighted by Crippen LogP contribution is 2.45. The summed E-state index contributed by atoms with van der Waals surface area (Å²) in [6, 6.07) is 7.36. The van der Waals surface area contributed by atoms with E-state index in [1.165, 1.54) is 0 Å². The van der Waals surface area contributed by atoms with Gasteiger partial charge < -0.3 is 15.5 Å². The first-order chi connectivity index (χ1) is 11.6. The number of amides is 3. The predicted octanol–water partition coefficient (Wildman–Crippen LogP) is 1.15. The molecule has 2 saturated heterocycles. The van der Waals surface area contributed by atoms with Crippen molar-refractivity contribution in [2.75, 3.05) is 32.7 Å². The highest BCUT2D eigenvalue weighted by molar-refractivity contribution is 6.30. The maximum Gasteiger partial charge on any atom is 0.318 e. The van der Waals surface area contributed by atoms with E-state index in [9.17, 15) is 9.59 Å². The van der Waals surface area contributed by atoms with Crippen LogP contribution in [0, 0.1) is 0 Å². The number of carbonyl (C=O) groups excluding carboxylic acids is 2. The third-order valence-electron chi connectivity index (χ3n) is 5.27. The normalized spacial score (nSPS) is 25.6. The Labute approximate surface area is 146 Å². The minimum Gasteiger partial charge on any atom is -0.353 e. The minimum absolute atomic E-state index is 0.0255. The number of nitrogens with one attached hydrogen (secondary N) is 2. The minimum atomic E-state index is -0.270. The molecule has 0 aromatic heterocycles. The van der Waals surface area contributed by atoms with E-state index >= 15 is 0 Å². The fraction of sp³-hybridized carbons (Fsp3) is 0.529. The zero-order valence-electron chi connectivity index (χ0n) is 13.4. The Bertz CT molecular complexity index is 659. The summed E-state index contributed by atoms with van der Waals surface area (Å²) in [6.45, 7) is 3.42. The maximum absolute atomic E-state index is 12.7. The molecule has 1 aromatic rings. The molecule has 128 valence electrons.